The Morgan fingerprint density at radius 3 is 2.20 bits per heavy atom. The minimum absolute atomic E-state index is 0.0939. The fourth-order valence-corrected chi connectivity index (χ4v) is 1.89. The minimum atomic E-state index is -4.39. The van der Waals surface area contributed by atoms with E-state index in [2.05, 4.69) is 5.32 Å². The maximum absolute atomic E-state index is 12.4. The molecule has 108 valence electrons. The van der Waals surface area contributed by atoms with E-state index in [1.807, 2.05) is 0 Å². The van der Waals surface area contributed by atoms with E-state index in [-0.39, 0.29) is 17.7 Å². The Balaban J connectivity index is 1.91. The van der Waals surface area contributed by atoms with Gasteiger partial charge in [-0.1, -0.05) is 0 Å². The molecule has 2 rings (SSSR count). The Morgan fingerprint density at radius 2 is 1.75 bits per heavy atom. The third-order valence-corrected chi connectivity index (χ3v) is 3.18. The second-order valence-electron chi connectivity index (χ2n) is 4.69. The number of hydrogen-bond acceptors (Lipinski definition) is 2. The number of carbonyl (C=O) groups is 2. The first-order valence-corrected chi connectivity index (χ1v) is 6.01. The zero-order valence-electron chi connectivity index (χ0n) is 10.7. The molecule has 0 aromatic heterocycles. The average molecular weight is 286 g/mol. The van der Waals surface area contributed by atoms with Crippen LogP contribution in [0.25, 0.3) is 0 Å². The Labute approximate surface area is 113 Å². The standard InChI is InChI=1S/C13H13F3N2O2/c1-8(19)18-6-9(7-18)12(20)17-11-4-2-10(3-5-11)13(14,15)16/h2-5,9H,6-7H2,1H3,(H,17,20). The number of anilines is 1. The molecule has 1 aliphatic rings. The van der Waals surface area contributed by atoms with E-state index < -0.39 is 11.7 Å². The molecule has 1 aliphatic heterocycles. The van der Waals surface area contributed by atoms with Gasteiger partial charge in [0.1, 0.15) is 0 Å². The molecule has 1 aromatic rings. The number of hydrogen-bond donors (Lipinski definition) is 1. The van der Waals surface area contributed by atoms with Crippen molar-refractivity contribution >= 4 is 17.5 Å². The van der Waals surface area contributed by atoms with Gasteiger partial charge in [-0.2, -0.15) is 13.2 Å². The summed E-state index contributed by atoms with van der Waals surface area (Å²) in [5, 5.41) is 2.54. The quantitative estimate of drug-likeness (QED) is 0.905. The molecule has 4 nitrogen and oxygen atoms in total. The lowest BCUT2D eigenvalue weighted by Crippen LogP contribution is -2.53. The van der Waals surface area contributed by atoms with Crippen molar-refractivity contribution in [3.63, 3.8) is 0 Å². The van der Waals surface area contributed by atoms with Gasteiger partial charge in [0.25, 0.3) is 0 Å². The summed E-state index contributed by atoms with van der Waals surface area (Å²) < 4.78 is 37.1. The number of alkyl halides is 3. The molecule has 20 heavy (non-hydrogen) atoms. The van der Waals surface area contributed by atoms with Gasteiger partial charge in [0.05, 0.1) is 11.5 Å². The van der Waals surface area contributed by atoms with Crippen LogP contribution in [0.1, 0.15) is 12.5 Å². The van der Waals surface area contributed by atoms with E-state index in [0.29, 0.717) is 18.8 Å². The third-order valence-electron chi connectivity index (χ3n) is 3.18. The summed E-state index contributed by atoms with van der Waals surface area (Å²) in [6.45, 7) is 2.12. The molecule has 0 saturated carbocycles. The van der Waals surface area contributed by atoms with Gasteiger partial charge >= 0.3 is 6.18 Å². The third kappa shape index (κ3) is 3.09. The number of amides is 2. The highest BCUT2D eigenvalue weighted by Gasteiger charge is 2.34. The van der Waals surface area contributed by atoms with Crippen molar-refractivity contribution in [3.05, 3.63) is 29.8 Å². The van der Waals surface area contributed by atoms with Gasteiger partial charge in [-0.25, -0.2) is 0 Å². The largest absolute Gasteiger partial charge is 0.416 e. The van der Waals surface area contributed by atoms with Crippen molar-refractivity contribution in [2.75, 3.05) is 18.4 Å². The Bertz CT molecular complexity index is 519. The molecular formula is C13H13F3N2O2. The minimum Gasteiger partial charge on any atom is -0.341 e. The molecule has 0 aliphatic carbocycles. The topological polar surface area (TPSA) is 49.4 Å². The maximum atomic E-state index is 12.4. The number of nitrogens with zero attached hydrogens (tertiary/aromatic N) is 1. The summed E-state index contributed by atoms with van der Waals surface area (Å²) in [6.07, 6.45) is -4.39. The van der Waals surface area contributed by atoms with Crippen LogP contribution in [-0.4, -0.2) is 29.8 Å². The first-order chi connectivity index (χ1) is 9.27. The second kappa shape index (κ2) is 5.15. The van der Waals surface area contributed by atoms with Crippen molar-refractivity contribution in [2.24, 2.45) is 5.92 Å². The summed E-state index contributed by atoms with van der Waals surface area (Å²) in [4.78, 5) is 24.3. The van der Waals surface area contributed by atoms with Gasteiger partial charge in [0.2, 0.25) is 11.8 Å². The van der Waals surface area contributed by atoms with E-state index in [9.17, 15) is 22.8 Å². The SMILES string of the molecule is CC(=O)N1CC(C(=O)Nc2ccc(C(F)(F)F)cc2)C1. The van der Waals surface area contributed by atoms with E-state index >= 15 is 0 Å². The van der Waals surface area contributed by atoms with E-state index in [4.69, 9.17) is 0 Å². The van der Waals surface area contributed by atoms with Gasteiger partial charge in [0.15, 0.2) is 0 Å². The Hall–Kier alpha value is -2.05. The summed E-state index contributed by atoms with van der Waals surface area (Å²) in [5.74, 6) is -0.688. The fourth-order valence-electron chi connectivity index (χ4n) is 1.89. The highest BCUT2D eigenvalue weighted by Crippen LogP contribution is 2.30. The van der Waals surface area contributed by atoms with Crippen LogP contribution >= 0.6 is 0 Å². The van der Waals surface area contributed by atoms with Gasteiger partial charge in [-0.15, -0.1) is 0 Å². The zero-order chi connectivity index (χ0) is 14.9. The van der Waals surface area contributed by atoms with E-state index in [1.165, 1.54) is 24.0 Å². The monoisotopic (exact) mass is 286 g/mol. The highest BCUT2D eigenvalue weighted by atomic mass is 19.4. The van der Waals surface area contributed by atoms with Crippen LogP contribution in [0.3, 0.4) is 0 Å². The van der Waals surface area contributed by atoms with Crippen LogP contribution in [-0.2, 0) is 15.8 Å². The normalized spacial score (nSPS) is 15.7. The van der Waals surface area contributed by atoms with Gasteiger partial charge < -0.3 is 10.2 Å². The summed E-state index contributed by atoms with van der Waals surface area (Å²) >= 11 is 0. The average Bonchev–Trinajstić information content (AvgIpc) is 2.25. The molecule has 0 unspecified atom stereocenters. The number of halogens is 3. The summed E-state index contributed by atoms with van der Waals surface area (Å²) in [7, 11) is 0. The first kappa shape index (κ1) is 14.4. The summed E-state index contributed by atoms with van der Waals surface area (Å²) in [5.41, 5.74) is -0.453. The van der Waals surface area contributed by atoms with E-state index in [0.717, 1.165) is 12.1 Å². The lowest BCUT2D eigenvalue weighted by Gasteiger charge is -2.37. The van der Waals surface area contributed by atoms with E-state index in [1.54, 1.807) is 0 Å². The molecule has 7 heteroatoms. The lowest BCUT2D eigenvalue weighted by molar-refractivity contribution is -0.139. The maximum Gasteiger partial charge on any atom is 0.416 e. The lowest BCUT2D eigenvalue weighted by atomic mass is 9.99. The van der Waals surface area contributed by atoms with Gasteiger partial charge in [-0.05, 0) is 24.3 Å². The molecule has 0 atom stereocenters. The molecule has 1 N–H and O–H groups in total. The van der Waals surface area contributed by atoms with Crippen LogP contribution in [0.15, 0.2) is 24.3 Å². The second-order valence-corrected chi connectivity index (χ2v) is 4.69. The molecule has 1 heterocycles. The molecule has 0 spiro atoms. The molecule has 0 radical (unpaired) electrons. The number of carbonyl (C=O) groups excluding carboxylic acids is 2. The zero-order valence-corrected chi connectivity index (χ0v) is 10.7. The van der Waals surface area contributed by atoms with Crippen LogP contribution in [0.5, 0.6) is 0 Å². The molecule has 0 bridgehead atoms. The van der Waals surface area contributed by atoms with Gasteiger partial charge in [-0.3, -0.25) is 9.59 Å². The number of likely N-dealkylation sites (tertiary alicyclic amines) is 1. The van der Waals surface area contributed by atoms with Crippen LogP contribution in [0.2, 0.25) is 0 Å². The van der Waals surface area contributed by atoms with Gasteiger partial charge in [0, 0.05) is 25.7 Å². The number of rotatable bonds is 2. The molecule has 1 fully saturated rings. The van der Waals surface area contributed by atoms with Crippen LogP contribution in [0.4, 0.5) is 18.9 Å². The predicted octanol–water partition coefficient (Wildman–Crippen LogP) is 2.12. The van der Waals surface area contributed by atoms with Crippen LogP contribution < -0.4 is 5.32 Å². The highest BCUT2D eigenvalue weighted by molar-refractivity contribution is 5.94. The molecule has 1 saturated heterocycles. The number of benzene rings is 1. The van der Waals surface area contributed by atoms with Crippen molar-refractivity contribution in [1.82, 2.24) is 4.90 Å². The summed E-state index contributed by atoms with van der Waals surface area (Å²) in [6, 6.07) is 4.25. The smallest absolute Gasteiger partial charge is 0.341 e. The Morgan fingerprint density at radius 1 is 1.20 bits per heavy atom. The molecule has 1 aromatic carbocycles. The predicted molar refractivity (Wildman–Crippen MR) is 65.8 cm³/mol. The van der Waals surface area contributed by atoms with Crippen molar-refractivity contribution in [2.45, 2.75) is 13.1 Å². The van der Waals surface area contributed by atoms with Crippen molar-refractivity contribution < 1.29 is 22.8 Å². The molecular weight excluding hydrogens is 273 g/mol. The van der Waals surface area contributed by atoms with Crippen LogP contribution in [0, 0.1) is 5.92 Å². The van der Waals surface area contributed by atoms with Crippen molar-refractivity contribution in [1.29, 1.82) is 0 Å². The Kier molecular flexibility index (Phi) is 3.69. The fraction of sp³-hybridized carbons (Fsp3) is 0.385. The number of nitrogens with one attached hydrogen (secondary N) is 1. The first-order valence-electron chi connectivity index (χ1n) is 6.01. The molecule has 2 amide bonds. The van der Waals surface area contributed by atoms with Crippen molar-refractivity contribution in [3.8, 4) is 0 Å².